The van der Waals surface area contributed by atoms with E-state index in [1.807, 2.05) is 0 Å². The summed E-state index contributed by atoms with van der Waals surface area (Å²) in [7, 11) is 0. The number of para-hydroxylation sites is 1. The van der Waals surface area contributed by atoms with E-state index >= 15 is 0 Å². The molecule has 2 aromatic carbocycles. The number of ketones is 1. The number of hydrogen-bond donors (Lipinski definition) is 2. The Bertz CT molecular complexity index is 925. The molecule has 2 N–H and O–H groups in total. The summed E-state index contributed by atoms with van der Waals surface area (Å²) in [5, 5.41) is 9.70. The quantitative estimate of drug-likeness (QED) is 0.574. The summed E-state index contributed by atoms with van der Waals surface area (Å²) in [5.74, 6) is 0.174. The van der Waals surface area contributed by atoms with Gasteiger partial charge >= 0.3 is 0 Å². The number of benzene rings is 2. The zero-order chi connectivity index (χ0) is 15.5. The van der Waals surface area contributed by atoms with Gasteiger partial charge in [0.2, 0.25) is 0 Å². The van der Waals surface area contributed by atoms with Crippen LogP contribution in [0.1, 0.15) is 16.2 Å². The summed E-state index contributed by atoms with van der Waals surface area (Å²) < 4.78 is 0. The average Bonchev–Trinajstić information content (AvgIpc) is 2.53. The molecule has 0 radical (unpaired) electrons. The highest BCUT2D eigenvalue weighted by Gasteiger charge is 2.03. The molecule has 0 aliphatic carbocycles. The van der Waals surface area contributed by atoms with Crippen molar-refractivity contribution in [1.29, 1.82) is 0 Å². The van der Waals surface area contributed by atoms with Gasteiger partial charge in [0.1, 0.15) is 11.6 Å². The van der Waals surface area contributed by atoms with E-state index in [9.17, 15) is 14.7 Å². The molecule has 0 fully saturated rings. The molecule has 0 amide bonds. The number of nitrogens with zero attached hydrogens (tertiary/aromatic N) is 1. The van der Waals surface area contributed by atoms with Gasteiger partial charge in [0, 0.05) is 5.56 Å². The lowest BCUT2D eigenvalue weighted by atomic mass is 10.1. The molecular weight excluding hydrogens is 280 g/mol. The van der Waals surface area contributed by atoms with E-state index in [0.717, 1.165) is 0 Å². The number of phenols is 1. The van der Waals surface area contributed by atoms with E-state index in [-0.39, 0.29) is 17.1 Å². The first-order chi connectivity index (χ1) is 10.6. The summed E-state index contributed by atoms with van der Waals surface area (Å²) in [4.78, 5) is 30.8. The molecule has 5 nitrogen and oxygen atoms in total. The highest BCUT2D eigenvalue weighted by molar-refractivity contribution is 6.06. The van der Waals surface area contributed by atoms with Gasteiger partial charge in [-0.15, -0.1) is 0 Å². The Labute approximate surface area is 125 Å². The molecule has 0 saturated carbocycles. The third-order valence-corrected chi connectivity index (χ3v) is 3.18. The third kappa shape index (κ3) is 2.78. The Morgan fingerprint density at radius 3 is 2.59 bits per heavy atom. The van der Waals surface area contributed by atoms with Crippen LogP contribution >= 0.6 is 0 Å². The van der Waals surface area contributed by atoms with Gasteiger partial charge in [-0.3, -0.25) is 9.59 Å². The smallest absolute Gasteiger partial charge is 0.259 e. The summed E-state index contributed by atoms with van der Waals surface area (Å²) in [6.45, 7) is 0. The van der Waals surface area contributed by atoms with Gasteiger partial charge < -0.3 is 10.1 Å². The van der Waals surface area contributed by atoms with Gasteiger partial charge in [-0.25, -0.2) is 4.98 Å². The van der Waals surface area contributed by atoms with E-state index < -0.39 is 0 Å². The second kappa shape index (κ2) is 5.65. The van der Waals surface area contributed by atoms with Crippen LogP contribution in [0.15, 0.2) is 59.4 Å². The van der Waals surface area contributed by atoms with Crippen molar-refractivity contribution in [3.05, 3.63) is 76.3 Å². The van der Waals surface area contributed by atoms with Gasteiger partial charge in [0.25, 0.3) is 5.56 Å². The monoisotopic (exact) mass is 292 g/mol. The van der Waals surface area contributed by atoms with Crippen molar-refractivity contribution in [2.75, 3.05) is 0 Å². The Balaban J connectivity index is 1.90. The van der Waals surface area contributed by atoms with Crippen molar-refractivity contribution >= 4 is 22.8 Å². The van der Waals surface area contributed by atoms with E-state index in [1.165, 1.54) is 36.4 Å². The molecule has 0 aliphatic heterocycles. The van der Waals surface area contributed by atoms with Gasteiger partial charge in [0.15, 0.2) is 5.78 Å². The summed E-state index contributed by atoms with van der Waals surface area (Å²) in [6.07, 6.45) is 2.79. The zero-order valence-corrected chi connectivity index (χ0v) is 11.5. The average molecular weight is 292 g/mol. The minimum absolute atomic E-state index is 0.0982. The third-order valence-electron chi connectivity index (χ3n) is 3.18. The lowest BCUT2D eigenvalue weighted by molar-refractivity contribution is 0.104. The molecule has 0 bridgehead atoms. The molecule has 1 heterocycles. The maximum atomic E-state index is 12.0. The second-order valence-electron chi connectivity index (χ2n) is 4.71. The van der Waals surface area contributed by atoms with Crippen molar-refractivity contribution in [2.45, 2.75) is 0 Å². The van der Waals surface area contributed by atoms with Crippen molar-refractivity contribution < 1.29 is 9.90 Å². The molecule has 108 valence electrons. The van der Waals surface area contributed by atoms with Crippen molar-refractivity contribution in [3.63, 3.8) is 0 Å². The number of rotatable bonds is 3. The molecule has 22 heavy (non-hydrogen) atoms. The first-order valence-corrected chi connectivity index (χ1v) is 6.64. The molecule has 3 aromatic rings. The van der Waals surface area contributed by atoms with Crippen LogP contribution in [0.2, 0.25) is 0 Å². The highest BCUT2D eigenvalue weighted by Crippen LogP contribution is 2.11. The number of allylic oxidation sites excluding steroid dienone is 1. The summed E-state index contributed by atoms with van der Waals surface area (Å²) >= 11 is 0. The fourth-order valence-corrected chi connectivity index (χ4v) is 2.06. The lowest BCUT2D eigenvalue weighted by Gasteiger charge is -1.99. The molecule has 5 heteroatoms. The molecule has 0 unspecified atom stereocenters. The van der Waals surface area contributed by atoms with Crippen LogP contribution in [0.5, 0.6) is 5.75 Å². The van der Waals surface area contributed by atoms with E-state index in [2.05, 4.69) is 9.97 Å². The van der Waals surface area contributed by atoms with E-state index in [4.69, 9.17) is 0 Å². The molecule has 0 saturated heterocycles. The highest BCUT2D eigenvalue weighted by atomic mass is 16.3. The molecule has 3 rings (SSSR count). The SMILES string of the molecule is O=C(/C=C/c1nc2ccccc2c(=O)[nH]1)c1ccc(O)cc1. The Hall–Kier alpha value is -3.21. The number of phenolic OH excluding ortho intramolecular Hbond substituents is 1. The van der Waals surface area contributed by atoms with Crippen LogP contribution < -0.4 is 5.56 Å². The summed E-state index contributed by atoms with van der Waals surface area (Å²) in [5.41, 5.74) is 0.766. The predicted molar refractivity (Wildman–Crippen MR) is 83.8 cm³/mol. The minimum atomic E-state index is -0.248. The fraction of sp³-hybridized carbons (Fsp3) is 0. The number of nitrogens with one attached hydrogen (secondary N) is 1. The Morgan fingerprint density at radius 2 is 1.82 bits per heavy atom. The minimum Gasteiger partial charge on any atom is -0.508 e. The van der Waals surface area contributed by atoms with Crippen molar-refractivity contribution in [3.8, 4) is 5.75 Å². The van der Waals surface area contributed by atoms with Crippen molar-refractivity contribution in [2.24, 2.45) is 0 Å². The fourth-order valence-electron chi connectivity index (χ4n) is 2.06. The van der Waals surface area contributed by atoms with Crippen LogP contribution in [-0.4, -0.2) is 20.9 Å². The van der Waals surface area contributed by atoms with Crippen LogP contribution in [0, 0.1) is 0 Å². The van der Waals surface area contributed by atoms with Crippen LogP contribution in [0.3, 0.4) is 0 Å². The van der Waals surface area contributed by atoms with Gasteiger partial charge in [-0.2, -0.15) is 0 Å². The summed E-state index contributed by atoms with van der Waals surface area (Å²) in [6, 6.07) is 12.9. The number of H-pyrrole nitrogens is 1. The number of fused-ring (bicyclic) bond motifs is 1. The maximum Gasteiger partial charge on any atom is 0.259 e. The van der Waals surface area contributed by atoms with Crippen LogP contribution in [-0.2, 0) is 0 Å². The van der Waals surface area contributed by atoms with Gasteiger partial charge in [-0.05, 0) is 48.6 Å². The molecule has 0 spiro atoms. The second-order valence-corrected chi connectivity index (χ2v) is 4.71. The van der Waals surface area contributed by atoms with Crippen LogP contribution in [0.4, 0.5) is 0 Å². The van der Waals surface area contributed by atoms with E-state index in [1.54, 1.807) is 24.3 Å². The molecular formula is C17H12N2O3. The van der Waals surface area contributed by atoms with Crippen LogP contribution in [0.25, 0.3) is 17.0 Å². The largest absolute Gasteiger partial charge is 0.508 e. The first kappa shape index (κ1) is 13.8. The molecule has 1 aromatic heterocycles. The topological polar surface area (TPSA) is 83.0 Å². The number of carbonyl (C=O) groups excluding carboxylic acids is 1. The number of hydrogen-bond acceptors (Lipinski definition) is 4. The van der Waals surface area contributed by atoms with Gasteiger partial charge in [-0.1, -0.05) is 12.1 Å². The molecule has 0 atom stereocenters. The van der Waals surface area contributed by atoms with Crippen molar-refractivity contribution in [1.82, 2.24) is 9.97 Å². The number of carbonyl (C=O) groups is 1. The number of aromatic hydroxyl groups is 1. The Kier molecular flexibility index (Phi) is 3.53. The molecule has 0 aliphatic rings. The predicted octanol–water partition coefficient (Wildman–Crippen LogP) is 2.52. The normalized spacial score (nSPS) is 11.1. The van der Waals surface area contributed by atoms with E-state index in [0.29, 0.717) is 22.3 Å². The standard InChI is InChI=1S/C17H12N2O3/c20-12-7-5-11(6-8-12)15(21)9-10-16-18-14-4-2-1-3-13(14)17(22)19-16/h1-10,20H,(H,18,19,22)/b10-9+. The van der Waals surface area contributed by atoms with Gasteiger partial charge in [0.05, 0.1) is 10.9 Å². The maximum absolute atomic E-state index is 12.0. The lowest BCUT2D eigenvalue weighted by Crippen LogP contribution is -2.09. The Morgan fingerprint density at radius 1 is 1.09 bits per heavy atom. The first-order valence-electron chi connectivity index (χ1n) is 6.64. The number of aromatic amines is 1. The zero-order valence-electron chi connectivity index (χ0n) is 11.5. The number of aromatic nitrogens is 2.